The normalized spacial score (nSPS) is 11.0. The molecule has 0 saturated carbocycles. The van der Waals surface area contributed by atoms with Gasteiger partial charge in [-0.25, -0.2) is 0 Å². The number of benzene rings is 2. The first kappa shape index (κ1) is 17.3. The van der Waals surface area contributed by atoms with Crippen LogP contribution in [0, 0.1) is 6.92 Å². The predicted octanol–water partition coefficient (Wildman–Crippen LogP) is 2.60. The fourth-order valence-corrected chi connectivity index (χ4v) is 2.37. The van der Waals surface area contributed by atoms with Gasteiger partial charge >= 0.3 is 5.56 Å². The van der Waals surface area contributed by atoms with Crippen LogP contribution in [0.25, 0.3) is 11.3 Å². The molecule has 7 heteroatoms. The maximum absolute atomic E-state index is 12.7. The molecule has 0 atom stereocenters. The van der Waals surface area contributed by atoms with Crippen molar-refractivity contribution >= 4 is 6.21 Å². The lowest BCUT2D eigenvalue weighted by Gasteiger charge is -2.07. The summed E-state index contributed by atoms with van der Waals surface area (Å²) in [5.74, 6) is 0.780. The smallest absolute Gasteiger partial charge is 0.301 e. The van der Waals surface area contributed by atoms with Crippen LogP contribution in [-0.4, -0.2) is 32.8 Å². The molecule has 132 valence electrons. The minimum absolute atomic E-state index is 0.0503. The van der Waals surface area contributed by atoms with E-state index in [0.29, 0.717) is 29.3 Å². The number of aryl methyl sites for hydroxylation is 1. The Hall–Kier alpha value is -3.48. The van der Waals surface area contributed by atoms with Crippen LogP contribution >= 0.6 is 0 Å². The first-order chi connectivity index (χ1) is 12.6. The molecule has 3 rings (SSSR count). The van der Waals surface area contributed by atoms with Crippen LogP contribution in [0.3, 0.4) is 0 Å². The van der Waals surface area contributed by atoms with E-state index in [1.165, 1.54) is 17.0 Å². The maximum Gasteiger partial charge on any atom is 0.301 e. The molecule has 0 unspecified atom stereocenters. The first-order valence-electron chi connectivity index (χ1n) is 8.12. The van der Waals surface area contributed by atoms with Crippen molar-refractivity contribution in [3.8, 4) is 22.8 Å². The van der Waals surface area contributed by atoms with Crippen LogP contribution in [0.15, 0.2) is 58.4 Å². The Balaban J connectivity index is 1.99. The molecule has 0 radical (unpaired) electrons. The Kier molecular flexibility index (Phi) is 5.07. The molecule has 1 heterocycles. The highest BCUT2D eigenvalue weighted by atomic mass is 16.5. The number of ether oxygens (including phenoxy) is 1. The highest BCUT2D eigenvalue weighted by Gasteiger charge is 2.10. The standard InChI is InChI=1S/C19H18N4O3/c1-3-26-17-11-14(9-10-16(17)24)12-20-23-13(2)21-22-18(19(23)25)15-7-5-4-6-8-15/h4-12,24H,3H2,1-2H3/b20-12-. The summed E-state index contributed by atoms with van der Waals surface area (Å²) in [6.45, 7) is 3.92. The van der Waals surface area contributed by atoms with E-state index in [1.54, 1.807) is 31.2 Å². The largest absolute Gasteiger partial charge is 0.504 e. The second-order valence-corrected chi connectivity index (χ2v) is 5.48. The molecule has 0 saturated heterocycles. The number of aromatic hydroxyl groups is 1. The second-order valence-electron chi connectivity index (χ2n) is 5.48. The molecule has 0 aliphatic carbocycles. The lowest BCUT2D eigenvalue weighted by atomic mass is 10.2. The molecule has 0 fully saturated rings. The average molecular weight is 350 g/mol. The lowest BCUT2D eigenvalue weighted by Crippen LogP contribution is -2.23. The fourth-order valence-electron chi connectivity index (χ4n) is 2.37. The van der Waals surface area contributed by atoms with E-state index in [-0.39, 0.29) is 17.0 Å². The molecule has 1 aromatic heterocycles. The molecular formula is C19H18N4O3. The average Bonchev–Trinajstić information content (AvgIpc) is 2.65. The molecule has 26 heavy (non-hydrogen) atoms. The van der Waals surface area contributed by atoms with Crippen molar-refractivity contribution in [3.63, 3.8) is 0 Å². The van der Waals surface area contributed by atoms with Gasteiger partial charge < -0.3 is 9.84 Å². The summed E-state index contributed by atoms with van der Waals surface area (Å²) in [5, 5.41) is 22.0. The van der Waals surface area contributed by atoms with Crippen LogP contribution in [-0.2, 0) is 0 Å². The van der Waals surface area contributed by atoms with E-state index in [9.17, 15) is 9.90 Å². The fraction of sp³-hybridized carbons (Fsp3) is 0.158. The Morgan fingerprint density at radius 1 is 1.19 bits per heavy atom. The van der Waals surface area contributed by atoms with Gasteiger partial charge in [-0.2, -0.15) is 9.78 Å². The Morgan fingerprint density at radius 3 is 2.69 bits per heavy atom. The van der Waals surface area contributed by atoms with Gasteiger partial charge in [0.05, 0.1) is 12.8 Å². The number of phenolic OH excluding ortho intramolecular Hbond substituents is 1. The third-order valence-electron chi connectivity index (χ3n) is 3.65. The van der Waals surface area contributed by atoms with Crippen LogP contribution in [0.2, 0.25) is 0 Å². The molecular weight excluding hydrogens is 332 g/mol. The quantitative estimate of drug-likeness (QED) is 0.715. The van der Waals surface area contributed by atoms with Gasteiger partial charge in [-0.1, -0.05) is 30.3 Å². The van der Waals surface area contributed by atoms with Gasteiger partial charge in [0.2, 0.25) is 0 Å². The van der Waals surface area contributed by atoms with Crippen LogP contribution in [0.1, 0.15) is 18.3 Å². The zero-order valence-corrected chi connectivity index (χ0v) is 14.5. The first-order valence-corrected chi connectivity index (χ1v) is 8.12. The molecule has 0 aliphatic heterocycles. The maximum atomic E-state index is 12.7. The van der Waals surface area contributed by atoms with Crippen molar-refractivity contribution in [2.75, 3.05) is 6.61 Å². The van der Waals surface area contributed by atoms with Gasteiger partial charge in [0.1, 0.15) is 0 Å². The van der Waals surface area contributed by atoms with E-state index in [2.05, 4.69) is 15.3 Å². The van der Waals surface area contributed by atoms with Crippen molar-refractivity contribution in [3.05, 3.63) is 70.3 Å². The van der Waals surface area contributed by atoms with Gasteiger partial charge in [0.25, 0.3) is 0 Å². The molecule has 0 bridgehead atoms. The number of nitrogens with zero attached hydrogens (tertiary/aromatic N) is 4. The number of aromatic nitrogens is 3. The van der Waals surface area contributed by atoms with E-state index in [4.69, 9.17) is 4.74 Å². The highest BCUT2D eigenvalue weighted by Crippen LogP contribution is 2.26. The SMILES string of the molecule is CCOc1cc(/C=N\n2c(C)nnc(-c3ccccc3)c2=O)ccc1O. The summed E-state index contributed by atoms with van der Waals surface area (Å²) < 4.78 is 6.55. The van der Waals surface area contributed by atoms with Crippen LogP contribution in [0.4, 0.5) is 0 Å². The van der Waals surface area contributed by atoms with Gasteiger partial charge in [-0.3, -0.25) is 4.79 Å². The van der Waals surface area contributed by atoms with Crippen LogP contribution in [0.5, 0.6) is 11.5 Å². The monoisotopic (exact) mass is 350 g/mol. The number of rotatable bonds is 5. The van der Waals surface area contributed by atoms with E-state index >= 15 is 0 Å². The predicted molar refractivity (Wildman–Crippen MR) is 98.7 cm³/mol. The third-order valence-corrected chi connectivity index (χ3v) is 3.65. The number of hydrogen-bond donors (Lipinski definition) is 1. The minimum atomic E-state index is -0.358. The number of phenols is 1. The van der Waals surface area contributed by atoms with E-state index < -0.39 is 0 Å². The molecule has 1 N–H and O–H groups in total. The van der Waals surface area contributed by atoms with Crippen LogP contribution < -0.4 is 10.3 Å². The molecule has 0 spiro atoms. The number of hydrogen-bond acceptors (Lipinski definition) is 6. The Bertz CT molecular complexity index is 997. The van der Waals surface area contributed by atoms with Crippen molar-refractivity contribution in [2.45, 2.75) is 13.8 Å². The summed E-state index contributed by atoms with van der Waals surface area (Å²) in [7, 11) is 0. The summed E-state index contributed by atoms with van der Waals surface area (Å²) in [4.78, 5) is 12.7. The van der Waals surface area contributed by atoms with Crippen molar-refractivity contribution < 1.29 is 9.84 Å². The van der Waals surface area contributed by atoms with Crippen molar-refractivity contribution in [2.24, 2.45) is 5.10 Å². The summed E-state index contributed by atoms with van der Waals surface area (Å²) in [6.07, 6.45) is 1.51. The second kappa shape index (κ2) is 7.60. The topological polar surface area (TPSA) is 89.6 Å². The van der Waals surface area contributed by atoms with Crippen molar-refractivity contribution in [1.29, 1.82) is 0 Å². The molecule has 3 aromatic rings. The third kappa shape index (κ3) is 3.61. The lowest BCUT2D eigenvalue weighted by molar-refractivity contribution is 0.318. The van der Waals surface area contributed by atoms with Gasteiger partial charge in [0.15, 0.2) is 23.0 Å². The van der Waals surface area contributed by atoms with Gasteiger partial charge in [-0.05, 0) is 37.6 Å². The molecule has 7 nitrogen and oxygen atoms in total. The molecule has 0 aliphatic rings. The Morgan fingerprint density at radius 2 is 1.96 bits per heavy atom. The van der Waals surface area contributed by atoms with E-state index in [1.807, 2.05) is 25.1 Å². The molecule has 2 aromatic carbocycles. The highest BCUT2D eigenvalue weighted by molar-refractivity contribution is 5.80. The molecule has 0 amide bonds. The van der Waals surface area contributed by atoms with E-state index in [0.717, 1.165) is 0 Å². The van der Waals surface area contributed by atoms with Gasteiger partial charge in [-0.15, -0.1) is 10.2 Å². The zero-order chi connectivity index (χ0) is 18.5. The zero-order valence-electron chi connectivity index (χ0n) is 14.5. The van der Waals surface area contributed by atoms with Crippen molar-refractivity contribution in [1.82, 2.24) is 14.9 Å². The Labute approximate surface area is 150 Å². The van der Waals surface area contributed by atoms with Gasteiger partial charge in [0, 0.05) is 5.56 Å². The minimum Gasteiger partial charge on any atom is -0.504 e. The summed E-state index contributed by atoms with van der Waals surface area (Å²) in [6, 6.07) is 14.0. The summed E-state index contributed by atoms with van der Waals surface area (Å²) in [5.41, 5.74) is 1.23. The summed E-state index contributed by atoms with van der Waals surface area (Å²) >= 11 is 0.